The van der Waals surface area contributed by atoms with E-state index >= 15 is 0 Å². The zero-order valence-electron chi connectivity index (χ0n) is 25.9. The molecule has 0 radical (unpaired) electrons. The summed E-state index contributed by atoms with van der Waals surface area (Å²) in [6.07, 6.45) is -19.9. The molecule has 50 heavy (non-hydrogen) atoms. The zero-order chi connectivity index (χ0) is 38.9. The maximum Gasteiger partial charge on any atom is 0.394 e. The van der Waals surface area contributed by atoms with E-state index in [1.54, 1.807) is 0 Å². The van der Waals surface area contributed by atoms with Gasteiger partial charge in [-0.15, -0.1) is 0 Å². The predicted molar refractivity (Wildman–Crippen MR) is 160 cm³/mol. The lowest BCUT2D eigenvalue weighted by Crippen LogP contribution is -2.69. The normalized spacial score (nSPS) is 40.0. The molecule has 0 bridgehead atoms. The Bertz CT molecular complexity index is 1200. The second-order valence-corrected chi connectivity index (χ2v) is 13.0. The molecule has 0 aromatic carbocycles. The van der Waals surface area contributed by atoms with Crippen LogP contribution >= 0.6 is 0 Å². The lowest BCUT2D eigenvalue weighted by molar-refractivity contribution is -0.332. The molecule has 0 spiro atoms. The summed E-state index contributed by atoms with van der Waals surface area (Å²) < 4.78 is 85.7. The summed E-state index contributed by atoms with van der Waals surface area (Å²) in [7, 11) is -9.33. The van der Waals surface area contributed by atoms with Gasteiger partial charge in [0.05, 0.1) is 18.7 Å². The molecule has 21 N–H and O–H groups in total. The minimum atomic E-state index is -4.67. The fourth-order valence-corrected chi connectivity index (χ4v) is 5.07. The van der Waals surface area contributed by atoms with Crippen molar-refractivity contribution in [2.75, 3.05) is 19.7 Å². The monoisotopic (exact) mass is 781 g/mol. The molecule has 2 heterocycles. The van der Waals surface area contributed by atoms with Gasteiger partial charge in [0, 0.05) is 12.6 Å². The van der Waals surface area contributed by atoms with Crippen molar-refractivity contribution in [1.82, 2.24) is 5.32 Å². The van der Waals surface area contributed by atoms with Crippen LogP contribution in [0.25, 0.3) is 0 Å². The largest absolute Gasteiger partial charge is 0.394 e. The quantitative estimate of drug-likeness (QED) is 0.0915. The third kappa shape index (κ3) is 14.5. The molecule has 26 nitrogen and oxygen atoms in total. The third-order valence-corrected chi connectivity index (χ3v) is 7.51. The maximum atomic E-state index is 12.6. The van der Waals surface area contributed by atoms with E-state index in [1.807, 2.05) is 0 Å². The van der Waals surface area contributed by atoms with Gasteiger partial charge in [-0.25, -0.2) is 0 Å². The standard InChI is InChI=1S/C22H43N5O13.2H2O4S/c23-2-1-8(29)20(36)27-7-3-6(25)18(39-21-14(32)11(26)12(30)10(5-28)38-21)17(35)19(7)40-22-16(34)15(33)13(31)9(4-24)37-22;2*1-5(2,3)4/h6-19,21-22,28-35H,1-5,23-26H2,(H,27,36);2*(H2,1,2,3,4). The van der Waals surface area contributed by atoms with Gasteiger partial charge in [-0.2, -0.15) is 16.8 Å². The smallest absolute Gasteiger partial charge is 0.394 e. The van der Waals surface area contributed by atoms with Crippen molar-refractivity contribution in [2.24, 2.45) is 22.9 Å². The molecule has 3 rings (SSSR count). The van der Waals surface area contributed by atoms with Gasteiger partial charge in [-0.3, -0.25) is 23.0 Å². The average Bonchev–Trinajstić information content (AvgIpc) is 2.99. The van der Waals surface area contributed by atoms with Crippen LogP contribution in [0.4, 0.5) is 0 Å². The van der Waals surface area contributed by atoms with E-state index in [9.17, 15) is 45.6 Å². The van der Waals surface area contributed by atoms with Crippen LogP contribution in [-0.4, -0.2) is 199 Å². The number of carbonyl (C=O) groups excluding carboxylic acids is 1. The Balaban J connectivity index is 0.00000109. The van der Waals surface area contributed by atoms with Crippen LogP contribution < -0.4 is 28.3 Å². The molecule has 298 valence electrons. The molecule has 0 aromatic heterocycles. The fourth-order valence-electron chi connectivity index (χ4n) is 5.07. The molecule has 1 amide bonds. The summed E-state index contributed by atoms with van der Waals surface area (Å²) in [6, 6.07) is -3.42. The van der Waals surface area contributed by atoms with Crippen molar-refractivity contribution in [3.05, 3.63) is 0 Å². The Morgan fingerprint density at radius 2 is 1.24 bits per heavy atom. The van der Waals surface area contributed by atoms with Crippen LogP contribution in [0.5, 0.6) is 0 Å². The van der Waals surface area contributed by atoms with E-state index in [-0.39, 0.29) is 25.9 Å². The molecule has 16 unspecified atom stereocenters. The lowest BCUT2D eigenvalue weighted by atomic mass is 9.83. The Hall–Kier alpha value is -1.43. The van der Waals surface area contributed by atoms with E-state index in [2.05, 4.69) is 5.32 Å². The third-order valence-electron chi connectivity index (χ3n) is 7.51. The Morgan fingerprint density at radius 1 is 0.760 bits per heavy atom. The van der Waals surface area contributed by atoms with Gasteiger partial charge in [0.1, 0.15) is 67.1 Å². The van der Waals surface area contributed by atoms with Crippen molar-refractivity contribution in [3.63, 3.8) is 0 Å². The number of hydrogen-bond donors (Lipinski definition) is 17. The lowest BCUT2D eigenvalue weighted by Gasteiger charge is -2.49. The molecule has 3 aliphatic rings. The van der Waals surface area contributed by atoms with Crippen LogP contribution in [0, 0.1) is 0 Å². The van der Waals surface area contributed by atoms with Crippen molar-refractivity contribution < 1.29 is 99.6 Å². The summed E-state index contributed by atoms with van der Waals surface area (Å²) in [5.41, 5.74) is 23.1. The van der Waals surface area contributed by atoms with Gasteiger partial charge in [0.15, 0.2) is 12.6 Å². The van der Waals surface area contributed by atoms with Crippen molar-refractivity contribution in [3.8, 4) is 0 Å². The highest BCUT2D eigenvalue weighted by Gasteiger charge is 2.52. The number of rotatable bonds is 10. The topological polar surface area (TPSA) is 481 Å². The summed E-state index contributed by atoms with van der Waals surface area (Å²) in [5, 5.41) is 84.9. The number of hydrogen-bond acceptors (Lipinski definition) is 21. The number of aliphatic hydroxyl groups excluding tert-OH is 8. The first-order valence-corrected chi connectivity index (χ1v) is 17.3. The van der Waals surface area contributed by atoms with Gasteiger partial charge in [-0.1, -0.05) is 0 Å². The van der Waals surface area contributed by atoms with Gasteiger partial charge in [0.25, 0.3) is 0 Å². The number of ether oxygens (including phenoxy) is 4. The molecule has 2 saturated heterocycles. The first-order chi connectivity index (χ1) is 22.9. The van der Waals surface area contributed by atoms with Crippen LogP contribution in [0.15, 0.2) is 0 Å². The van der Waals surface area contributed by atoms with E-state index in [0.29, 0.717) is 0 Å². The molecule has 2 aliphatic heterocycles. The predicted octanol–water partition coefficient (Wildman–Crippen LogP) is -9.73. The second-order valence-electron chi connectivity index (χ2n) is 11.2. The average molecular weight is 782 g/mol. The minimum Gasteiger partial charge on any atom is -0.394 e. The number of nitrogens with one attached hydrogen (secondary N) is 1. The minimum absolute atomic E-state index is 0.00934. The van der Waals surface area contributed by atoms with E-state index in [0.717, 1.165) is 0 Å². The van der Waals surface area contributed by atoms with Crippen LogP contribution in [-0.2, 0) is 44.5 Å². The molecule has 16 atom stereocenters. The van der Waals surface area contributed by atoms with Gasteiger partial charge >= 0.3 is 20.8 Å². The molecular weight excluding hydrogens is 734 g/mol. The van der Waals surface area contributed by atoms with Gasteiger partial charge < -0.3 is 88.1 Å². The molecule has 28 heteroatoms. The molecule has 3 fully saturated rings. The Labute approximate surface area is 285 Å². The Kier molecular flexibility index (Phi) is 18.8. The summed E-state index contributed by atoms with van der Waals surface area (Å²) in [4.78, 5) is 12.6. The molecule has 1 saturated carbocycles. The maximum absolute atomic E-state index is 12.6. The van der Waals surface area contributed by atoms with Crippen LogP contribution in [0.1, 0.15) is 12.8 Å². The fraction of sp³-hybridized carbons (Fsp3) is 0.955. The summed E-state index contributed by atoms with van der Waals surface area (Å²) >= 11 is 0. The number of carbonyl (C=O) groups is 1. The SMILES string of the molecule is NCCC(O)C(=O)NC1CC(N)C(OC2OC(CO)C(O)C(N)C2O)C(O)C1OC1OC(CN)C(O)C(O)C1O.O=S(=O)(O)O.O=S(=O)(O)O. The highest BCUT2D eigenvalue weighted by atomic mass is 32.3. The zero-order valence-corrected chi connectivity index (χ0v) is 27.6. The van der Waals surface area contributed by atoms with Crippen molar-refractivity contribution in [2.45, 2.75) is 111 Å². The number of amides is 1. The van der Waals surface area contributed by atoms with E-state index in [1.165, 1.54) is 0 Å². The van der Waals surface area contributed by atoms with Crippen molar-refractivity contribution >= 4 is 26.7 Å². The van der Waals surface area contributed by atoms with E-state index in [4.69, 9.17) is 76.9 Å². The van der Waals surface area contributed by atoms with E-state index < -0.39 is 131 Å². The highest BCUT2D eigenvalue weighted by Crippen LogP contribution is 2.32. The van der Waals surface area contributed by atoms with Crippen molar-refractivity contribution in [1.29, 1.82) is 0 Å². The first kappa shape index (κ1) is 46.6. The summed E-state index contributed by atoms with van der Waals surface area (Å²) in [5.74, 6) is -0.847. The van der Waals surface area contributed by atoms with Crippen LogP contribution in [0.3, 0.4) is 0 Å². The molecule has 1 aliphatic carbocycles. The number of aliphatic hydroxyl groups is 8. The second kappa shape index (κ2) is 20.1. The first-order valence-electron chi connectivity index (χ1n) is 14.5. The van der Waals surface area contributed by atoms with Gasteiger partial charge in [-0.05, 0) is 19.4 Å². The van der Waals surface area contributed by atoms with Gasteiger partial charge in [0.2, 0.25) is 5.91 Å². The van der Waals surface area contributed by atoms with Crippen LogP contribution in [0.2, 0.25) is 0 Å². The summed E-state index contributed by atoms with van der Waals surface area (Å²) in [6.45, 7) is -0.899. The highest BCUT2D eigenvalue weighted by molar-refractivity contribution is 7.80. The Morgan fingerprint density at radius 3 is 1.72 bits per heavy atom. The molecule has 0 aromatic rings. The molecular formula is C22H47N5O21S2. The number of nitrogens with two attached hydrogens (primary N) is 4.